The first-order chi connectivity index (χ1) is 13.4. The van der Waals surface area contributed by atoms with Crippen molar-refractivity contribution in [1.29, 1.82) is 0 Å². The van der Waals surface area contributed by atoms with Crippen LogP contribution in [0.15, 0.2) is 28.8 Å². The molecule has 8 heteroatoms. The highest BCUT2D eigenvalue weighted by molar-refractivity contribution is 5.93. The Kier molecular flexibility index (Phi) is 6.43. The van der Waals surface area contributed by atoms with Gasteiger partial charge in [0.1, 0.15) is 5.76 Å². The molecule has 0 atom stereocenters. The molecule has 28 heavy (non-hydrogen) atoms. The number of aryl methyl sites for hydroxylation is 3. The van der Waals surface area contributed by atoms with Crippen molar-refractivity contribution in [2.75, 3.05) is 49.9 Å². The number of benzene rings is 1. The molecule has 1 fully saturated rings. The van der Waals surface area contributed by atoms with Crippen molar-refractivity contribution in [1.82, 2.24) is 15.0 Å². The zero-order valence-electron chi connectivity index (χ0n) is 16.6. The third-order valence-electron chi connectivity index (χ3n) is 4.84. The van der Waals surface area contributed by atoms with Crippen molar-refractivity contribution in [3.05, 3.63) is 41.2 Å². The topological polar surface area (TPSA) is 90.7 Å². The van der Waals surface area contributed by atoms with E-state index in [4.69, 9.17) is 4.52 Å². The highest BCUT2D eigenvalue weighted by Crippen LogP contribution is 2.19. The quantitative estimate of drug-likeness (QED) is 0.788. The molecule has 2 amide bonds. The zero-order chi connectivity index (χ0) is 20.1. The third-order valence-corrected chi connectivity index (χ3v) is 4.84. The second-order valence-corrected chi connectivity index (χ2v) is 7.24. The molecular formula is C20H27N5O3. The molecule has 0 unspecified atom stereocenters. The molecule has 1 aliphatic heterocycles. The molecule has 150 valence electrons. The number of piperazine rings is 1. The van der Waals surface area contributed by atoms with Gasteiger partial charge in [0.2, 0.25) is 11.8 Å². The third kappa shape index (κ3) is 5.40. The van der Waals surface area contributed by atoms with Crippen molar-refractivity contribution in [3.8, 4) is 0 Å². The maximum atomic E-state index is 12.4. The fourth-order valence-corrected chi connectivity index (χ4v) is 3.31. The molecule has 0 radical (unpaired) electrons. The molecule has 1 aromatic heterocycles. The predicted octanol–water partition coefficient (Wildman–Crippen LogP) is 1.79. The summed E-state index contributed by atoms with van der Waals surface area (Å²) in [6.07, 6.45) is 0. The van der Waals surface area contributed by atoms with Crippen LogP contribution in [0.2, 0.25) is 0 Å². The number of hydrogen-bond acceptors (Lipinski definition) is 6. The number of aromatic nitrogens is 1. The average molecular weight is 385 g/mol. The number of rotatable bonds is 6. The summed E-state index contributed by atoms with van der Waals surface area (Å²) in [6.45, 7) is 9.38. The van der Waals surface area contributed by atoms with Crippen LogP contribution in [0.25, 0.3) is 0 Å². The maximum absolute atomic E-state index is 12.4. The molecule has 0 spiro atoms. The van der Waals surface area contributed by atoms with E-state index in [2.05, 4.69) is 25.6 Å². The van der Waals surface area contributed by atoms with Gasteiger partial charge in [-0.2, -0.15) is 0 Å². The van der Waals surface area contributed by atoms with E-state index in [0.717, 1.165) is 43.0 Å². The lowest BCUT2D eigenvalue weighted by atomic mass is 10.1. The van der Waals surface area contributed by atoms with Crippen LogP contribution in [0.5, 0.6) is 0 Å². The van der Waals surface area contributed by atoms with Gasteiger partial charge in [0.15, 0.2) is 5.82 Å². The Balaban J connectivity index is 1.41. The van der Waals surface area contributed by atoms with Crippen LogP contribution in [-0.2, 0) is 9.59 Å². The van der Waals surface area contributed by atoms with E-state index >= 15 is 0 Å². The molecule has 1 aliphatic rings. The molecule has 0 aliphatic carbocycles. The Morgan fingerprint density at radius 3 is 2.00 bits per heavy atom. The van der Waals surface area contributed by atoms with Crippen molar-refractivity contribution in [2.45, 2.75) is 20.8 Å². The van der Waals surface area contributed by atoms with Crippen LogP contribution in [0, 0.1) is 20.8 Å². The predicted molar refractivity (Wildman–Crippen MR) is 107 cm³/mol. The second kappa shape index (κ2) is 8.99. The summed E-state index contributed by atoms with van der Waals surface area (Å²) in [5, 5.41) is 9.51. The Morgan fingerprint density at radius 2 is 1.50 bits per heavy atom. The maximum Gasteiger partial charge on any atom is 0.239 e. The number of para-hydroxylation sites is 1. The van der Waals surface area contributed by atoms with Gasteiger partial charge in [-0.05, 0) is 31.9 Å². The Hall–Kier alpha value is -2.71. The van der Waals surface area contributed by atoms with Gasteiger partial charge in [0, 0.05) is 37.9 Å². The molecule has 2 aromatic rings. The number of carbonyl (C=O) groups is 2. The zero-order valence-corrected chi connectivity index (χ0v) is 16.6. The van der Waals surface area contributed by atoms with Gasteiger partial charge in [-0.25, -0.2) is 0 Å². The highest BCUT2D eigenvalue weighted by atomic mass is 16.5. The van der Waals surface area contributed by atoms with E-state index in [9.17, 15) is 9.59 Å². The summed E-state index contributed by atoms with van der Waals surface area (Å²) < 4.78 is 4.94. The summed E-state index contributed by atoms with van der Waals surface area (Å²) >= 11 is 0. The Morgan fingerprint density at radius 1 is 0.964 bits per heavy atom. The van der Waals surface area contributed by atoms with Crippen LogP contribution < -0.4 is 10.6 Å². The minimum Gasteiger partial charge on any atom is -0.360 e. The van der Waals surface area contributed by atoms with Gasteiger partial charge in [-0.3, -0.25) is 19.4 Å². The molecule has 8 nitrogen and oxygen atoms in total. The number of amides is 2. The van der Waals surface area contributed by atoms with E-state index in [1.807, 2.05) is 32.0 Å². The number of hydrogen-bond donors (Lipinski definition) is 2. The lowest BCUT2D eigenvalue weighted by molar-refractivity contribution is -0.120. The van der Waals surface area contributed by atoms with Crippen LogP contribution in [-0.4, -0.2) is 66.0 Å². The van der Waals surface area contributed by atoms with E-state index in [0.29, 0.717) is 24.7 Å². The van der Waals surface area contributed by atoms with Gasteiger partial charge < -0.3 is 15.2 Å². The van der Waals surface area contributed by atoms with Gasteiger partial charge in [0.05, 0.1) is 13.1 Å². The first kappa shape index (κ1) is 20.0. The number of nitrogens with zero attached hydrogens (tertiary/aromatic N) is 3. The van der Waals surface area contributed by atoms with Crippen molar-refractivity contribution >= 4 is 23.3 Å². The van der Waals surface area contributed by atoms with Crippen LogP contribution in [0.4, 0.5) is 11.5 Å². The minimum atomic E-state index is -0.116. The first-order valence-electron chi connectivity index (χ1n) is 9.44. The number of anilines is 2. The normalized spacial score (nSPS) is 15.4. The summed E-state index contributed by atoms with van der Waals surface area (Å²) in [5.74, 6) is 0.965. The average Bonchev–Trinajstić information content (AvgIpc) is 3.04. The molecule has 1 saturated heterocycles. The molecule has 2 heterocycles. The van der Waals surface area contributed by atoms with Gasteiger partial charge >= 0.3 is 0 Å². The smallest absolute Gasteiger partial charge is 0.239 e. The van der Waals surface area contributed by atoms with Crippen molar-refractivity contribution in [2.24, 2.45) is 0 Å². The largest absolute Gasteiger partial charge is 0.360 e. The monoisotopic (exact) mass is 385 g/mol. The number of nitrogens with one attached hydrogen (secondary N) is 2. The lowest BCUT2D eigenvalue weighted by Gasteiger charge is -2.33. The number of carbonyl (C=O) groups excluding carboxylic acids is 2. The fourth-order valence-electron chi connectivity index (χ4n) is 3.31. The van der Waals surface area contributed by atoms with E-state index in [1.54, 1.807) is 13.0 Å². The van der Waals surface area contributed by atoms with Gasteiger partial charge in [-0.15, -0.1) is 0 Å². The fraction of sp³-hybridized carbons (Fsp3) is 0.450. The summed E-state index contributed by atoms with van der Waals surface area (Å²) in [6, 6.07) is 7.66. The van der Waals surface area contributed by atoms with Crippen molar-refractivity contribution in [3.63, 3.8) is 0 Å². The van der Waals surface area contributed by atoms with E-state index < -0.39 is 0 Å². The Labute approximate surface area is 164 Å². The molecule has 1 aromatic carbocycles. The molecule has 0 saturated carbocycles. The van der Waals surface area contributed by atoms with E-state index in [-0.39, 0.29) is 11.8 Å². The van der Waals surface area contributed by atoms with Crippen molar-refractivity contribution < 1.29 is 14.1 Å². The van der Waals surface area contributed by atoms with E-state index in [1.165, 1.54) is 0 Å². The molecule has 0 bridgehead atoms. The lowest BCUT2D eigenvalue weighted by Crippen LogP contribution is -2.50. The minimum absolute atomic E-state index is 0.00926. The molecule has 3 rings (SSSR count). The van der Waals surface area contributed by atoms with Gasteiger partial charge in [-0.1, -0.05) is 23.4 Å². The summed E-state index contributed by atoms with van der Waals surface area (Å²) in [7, 11) is 0. The molecule has 2 N–H and O–H groups in total. The summed E-state index contributed by atoms with van der Waals surface area (Å²) in [4.78, 5) is 28.7. The SMILES string of the molecule is Cc1cc(NC(=O)CN2CCN(CC(=O)Nc3c(C)cccc3C)CC2)no1. The van der Waals surface area contributed by atoms with Crippen LogP contribution >= 0.6 is 0 Å². The summed E-state index contributed by atoms with van der Waals surface area (Å²) in [5.41, 5.74) is 3.02. The standard InChI is InChI=1S/C20H27N5O3/c1-14-5-4-6-15(2)20(14)22-19(27)13-25-9-7-24(8-10-25)12-18(26)21-17-11-16(3)28-23-17/h4-6,11H,7-10,12-13H2,1-3H3,(H,22,27)(H,21,23,26). The van der Waals surface area contributed by atoms with Gasteiger partial charge in [0.25, 0.3) is 0 Å². The first-order valence-corrected chi connectivity index (χ1v) is 9.44. The molecular weight excluding hydrogens is 358 g/mol. The Bertz CT molecular complexity index is 820. The highest BCUT2D eigenvalue weighted by Gasteiger charge is 2.21. The van der Waals surface area contributed by atoms with Crippen LogP contribution in [0.1, 0.15) is 16.9 Å². The van der Waals surface area contributed by atoms with Crippen LogP contribution in [0.3, 0.4) is 0 Å². The second-order valence-electron chi connectivity index (χ2n) is 7.24.